The minimum absolute atomic E-state index is 0.197. The summed E-state index contributed by atoms with van der Waals surface area (Å²) in [4.78, 5) is 15.6. The molecular weight excluding hydrogens is 777 g/mol. The van der Waals surface area contributed by atoms with Crippen molar-refractivity contribution >= 4 is 54.1 Å². The molecule has 0 saturated carbocycles. The molecule has 4 nitrogen and oxygen atoms in total. The molecule has 2 heterocycles. The Bertz CT molecular complexity index is 3810. The standard InChI is InChI=1S/C60H40N4/c1-60(2)52-30-29-38-16-10-12-22-47(38)56(52)51-35-50-48-23-13-14-24-54(48)64(55(50)36-53(51)60)45-32-43(42-28-27-39-26-25-37-15-9-11-21-46(37)49(39)34-42)31-44(33-45)59-62-57(40-17-5-3-6-18-40)61-58(63-59)41-19-7-4-8-20-41/h3-36H,1-2H3. The van der Waals surface area contributed by atoms with Crippen LogP contribution in [-0.4, -0.2) is 19.5 Å². The van der Waals surface area contributed by atoms with Gasteiger partial charge >= 0.3 is 0 Å². The minimum Gasteiger partial charge on any atom is -0.309 e. The highest BCUT2D eigenvalue weighted by Gasteiger charge is 2.37. The smallest absolute Gasteiger partial charge is 0.164 e. The Kier molecular flexibility index (Phi) is 7.92. The van der Waals surface area contributed by atoms with Gasteiger partial charge in [-0.25, -0.2) is 15.0 Å². The molecule has 0 bridgehead atoms. The van der Waals surface area contributed by atoms with Crippen molar-refractivity contribution in [1.29, 1.82) is 0 Å². The van der Waals surface area contributed by atoms with Gasteiger partial charge in [0.2, 0.25) is 0 Å². The van der Waals surface area contributed by atoms with Gasteiger partial charge in [0.15, 0.2) is 17.5 Å². The third kappa shape index (κ3) is 5.59. The summed E-state index contributed by atoms with van der Waals surface area (Å²) in [6, 6.07) is 74.5. The lowest BCUT2D eigenvalue weighted by molar-refractivity contribution is 0.661. The third-order valence-electron chi connectivity index (χ3n) is 13.6. The first-order chi connectivity index (χ1) is 31.5. The summed E-state index contributed by atoms with van der Waals surface area (Å²) < 4.78 is 2.46. The molecule has 1 aliphatic rings. The van der Waals surface area contributed by atoms with E-state index in [1.807, 2.05) is 36.4 Å². The first-order valence-electron chi connectivity index (χ1n) is 22.0. The van der Waals surface area contributed by atoms with Gasteiger partial charge in [0.1, 0.15) is 0 Å². The van der Waals surface area contributed by atoms with E-state index in [1.165, 1.54) is 70.9 Å². The normalized spacial score (nSPS) is 13.0. The molecule has 0 saturated heterocycles. The maximum atomic E-state index is 5.25. The molecule has 0 aliphatic heterocycles. The Balaban J connectivity index is 1.10. The summed E-state index contributed by atoms with van der Waals surface area (Å²) in [6.07, 6.45) is 0. The van der Waals surface area contributed by atoms with E-state index in [1.54, 1.807) is 0 Å². The first-order valence-corrected chi connectivity index (χ1v) is 22.0. The highest BCUT2D eigenvalue weighted by Crippen LogP contribution is 2.53. The van der Waals surface area contributed by atoms with Crippen LogP contribution in [0.25, 0.3) is 116 Å². The molecule has 0 spiro atoms. The number of aromatic nitrogens is 4. The van der Waals surface area contributed by atoms with Crippen LogP contribution in [0.5, 0.6) is 0 Å². The molecule has 0 N–H and O–H groups in total. The zero-order valence-corrected chi connectivity index (χ0v) is 35.4. The number of para-hydroxylation sites is 1. The SMILES string of the molecule is CC1(C)c2cc3c(cc2-c2c1ccc1ccccc21)c1ccccc1n3-c1cc(-c2ccc3ccc4ccccc4c3c2)cc(-c2nc(-c3ccccc3)nc(-c3ccccc3)n2)c1. The summed E-state index contributed by atoms with van der Waals surface area (Å²) in [5.41, 5.74) is 13.5. The Morgan fingerprint density at radius 1 is 0.344 bits per heavy atom. The Hall–Kier alpha value is -8.21. The largest absolute Gasteiger partial charge is 0.309 e. The van der Waals surface area contributed by atoms with Crippen molar-refractivity contribution in [2.24, 2.45) is 0 Å². The zero-order chi connectivity index (χ0) is 42.5. The predicted molar refractivity (Wildman–Crippen MR) is 266 cm³/mol. The van der Waals surface area contributed by atoms with Crippen LogP contribution in [0.15, 0.2) is 206 Å². The highest BCUT2D eigenvalue weighted by atomic mass is 15.0. The van der Waals surface area contributed by atoms with Crippen LogP contribution in [-0.2, 0) is 5.41 Å². The minimum atomic E-state index is -0.197. The zero-order valence-electron chi connectivity index (χ0n) is 35.4. The van der Waals surface area contributed by atoms with Crippen molar-refractivity contribution in [2.45, 2.75) is 19.3 Å². The van der Waals surface area contributed by atoms with E-state index in [0.29, 0.717) is 17.5 Å². The molecule has 0 unspecified atom stereocenters. The molecule has 0 atom stereocenters. The van der Waals surface area contributed by atoms with Gasteiger partial charge in [-0.3, -0.25) is 0 Å². The molecule has 300 valence electrons. The summed E-state index contributed by atoms with van der Waals surface area (Å²) in [5.74, 6) is 1.89. The molecule has 0 amide bonds. The van der Waals surface area contributed by atoms with Crippen LogP contribution in [0, 0.1) is 0 Å². The lowest BCUT2D eigenvalue weighted by Crippen LogP contribution is -2.15. The number of hydrogen-bond donors (Lipinski definition) is 0. The van der Waals surface area contributed by atoms with Crippen LogP contribution in [0.2, 0.25) is 0 Å². The molecule has 10 aromatic carbocycles. The Labute approximate surface area is 370 Å². The van der Waals surface area contributed by atoms with Gasteiger partial charge in [0.05, 0.1) is 11.0 Å². The van der Waals surface area contributed by atoms with Gasteiger partial charge in [-0.1, -0.05) is 178 Å². The maximum absolute atomic E-state index is 5.25. The monoisotopic (exact) mass is 816 g/mol. The van der Waals surface area contributed by atoms with E-state index in [9.17, 15) is 0 Å². The summed E-state index contributed by atoms with van der Waals surface area (Å²) in [7, 11) is 0. The van der Waals surface area contributed by atoms with Crippen molar-refractivity contribution < 1.29 is 0 Å². The highest BCUT2D eigenvalue weighted by molar-refractivity contribution is 6.14. The van der Waals surface area contributed by atoms with Crippen molar-refractivity contribution in [3.8, 4) is 62.1 Å². The summed E-state index contributed by atoms with van der Waals surface area (Å²) >= 11 is 0. The van der Waals surface area contributed by atoms with E-state index < -0.39 is 0 Å². The second kappa shape index (κ2) is 13.9. The van der Waals surface area contributed by atoms with E-state index in [4.69, 9.17) is 15.0 Å². The molecule has 2 aromatic heterocycles. The Morgan fingerprint density at radius 2 is 0.891 bits per heavy atom. The molecule has 0 fully saturated rings. The van der Waals surface area contributed by atoms with Gasteiger partial charge in [-0.15, -0.1) is 0 Å². The number of hydrogen-bond acceptors (Lipinski definition) is 3. The van der Waals surface area contributed by atoms with E-state index in [-0.39, 0.29) is 5.41 Å². The molecule has 12 aromatic rings. The van der Waals surface area contributed by atoms with Crippen molar-refractivity contribution in [1.82, 2.24) is 19.5 Å². The second-order valence-corrected chi connectivity index (χ2v) is 17.6. The van der Waals surface area contributed by atoms with Crippen LogP contribution in [0.3, 0.4) is 0 Å². The topological polar surface area (TPSA) is 43.6 Å². The lowest BCUT2D eigenvalue weighted by atomic mass is 9.82. The molecule has 64 heavy (non-hydrogen) atoms. The van der Waals surface area contributed by atoms with Crippen molar-refractivity contribution in [3.05, 3.63) is 217 Å². The molecule has 13 rings (SSSR count). The fourth-order valence-electron chi connectivity index (χ4n) is 10.4. The van der Waals surface area contributed by atoms with Gasteiger partial charge in [-0.2, -0.15) is 0 Å². The van der Waals surface area contributed by atoms with Gasteiger partial charge in [-0.05, 0) is 108 Å². The summed E-state index contributed by atoms with van der Waals surface area (Å²) in [6.45, 7) is 4.76. The first kappa shape index (κ1) is 36.4. The number of rotatable bonds is 5. The summed E-state index contributed by atoms with van der Waals surface area (Å²) in [5, 5.41) is 9.92. The van der Waals surface area contributed by atoms with Crippen LogP contribution < -0.4 is 0 Å². The fourth-order valence-corrected chi connectivity index (χ4v) is 10.4. The number of benzene rings is 10. The van der Waals surface area contributed by atoms with Crippen molar-refractivity contribution in [3.63, 3.8) is 0 Å². The van der Waals surface area contributed by atoms with Gasteiger partial charge in [0, 0.05) is 38.6 Å². The number of fused-ring (bicyclic) bond motifs is 11. The second-order valence-electron chi connectivity index (χ2n) is 17.6. The molecule has 0 radical (unpaired) electrons. The van der Waals surface area contributed by atoms with E-state index >= 15 is 0 Å². The maximum Gasteiger partial charge on any atom is 0.164 e. The number of nitrogens with zero attached hydrogens (tertiary/aromatic N) is 4. The van der Waals surface area contributed by atoms with Crippen LogP contribution >= 0.6 is 0 Å². The fraction of sp³-hybridized carbons (Fsp3) is 0.0500. The van der Waals surface area contributed by atoms with E-state index in [0.717, 1.165) is 39.0 Å². The molecular formula is C60H40N4. The van der Waals surface area contributed by atoms with Crippen LogP contribution in [0.1, 0.15) is 25.0 Å². The molecule has 1 aliphatic carbocycles. The van der Waals surface area contributed by atoms with Gasteiger partial charge in [0.25, 0.3) is 0 Å². The Morgan fingerprint density at radius 3 is 1.61 bits per heavy atom. The quantitative estimate of drug-likeness (QED) is 0.163. The molecule has 4 heteroatoms. The van der Waals surface area contributed by atoms with E-state index in [2.05, 4.69) is 188 Å². The predicted octanol–water partition coefficient (Wildman–Crippen LogP) is 15.4. The lowest BCUT2D eigenvalue weighted by Gasteiger charge is -2.22. The van der Waals surface area contributed by atoms with Crippen LogP contribution in [0.4, 0.5) is 0 Å². The third-order valence-corrected chi connectivity index (χ3v) is 13.6. The van der Waals surface area contributed by atoms with Gasteiger partial charge < -0.3 is 4.57 Å². The van der Waals surface area contributed by atoms with Crippen molar-refractivity contribution in [2.75, 3.05) is 0 Å². The average Bonchev–Trinajstić information content (AvgIpc) is 3.80. The average molecular weight is 817 g/mol.